The van der Waals surface area contributed by atoms with Crippen molar-refractivity contribution in [3.63, 3.8) is 0 Å². The lowest BCUT2D eigenvalue weighted by Gasteiger charge is -2.08. The second-order valence-electron chi connectivity index (χ2n) is 3.44. The molecule has 0 aliphatic carbocycles. The number of fused-ring (bicyclic) bond motifs is 1. The highest BCUT2D eigenvalue weighted by Crippen LogP contribution is 2.33. The molecule has 0 radical (unpaired) electrons. The number of ether oxygens (including phenoxy) is 1. The van der Waals surface area contributed by atoms with Crippen molar-refractivity contribution < 1.29 is 4.74 Å². The lowest BCUT2D eigenvalue weighted by Crippen LogP contribution is -1.92. The van der Waals surface area contributed by atoms with Crippen LogP contribution in [0.3, 0.4) is 0 Å². The Morgan fingerprint density at radius 1 is 1.25 bits per heavy atom. The number of benzene rings is 1. The zero-order valence-electron chi connectivity index (χ0n) is 9.05. The number of pyridine rings is 1. The van der Waals surface area contributed by atoms with Gasteiger partial charge < -0.3 is 4.74 Å². The Balaban J connectivity index is 2.68. The van der Waals surface area contributed by atoms with E-state index in [4.69, 9.17) is 27.9 Å². The second-order valence-corrected chi connectivity index (χ2v) is 4.19. The van der Waals surface area contributed by atoms with Gasteiger partial charge in [-0.05, 0) is 32.0 Å². The molecule has 2 rings (SSSR count). The van der Waals surface area contributed by atoms with Gasteiger partial charge in [-0.25, -0.2) is 0 Å². The van der Waals surface area contributed by atoms with Crippen molar-refractivity contribution >= 4 is 34.1 Å². The van der Waals surface area contributed by atoms with E-state index in [1.807, 2.05) is 32.0 Å². The monoisotopic (exact) mass is 255 g/mol. The van der Waals surface area contributed by atoms with Crippen molar-refractivity contribution in [2.75, 3.05) is 6.61 Å². The summed E-state index contributed by atoms with van der Waals surface area (Å²) >= 11 is 12.2. The van der Waals surface area contributed by atoms with Crippen molar-refractivity contribution in [1.82, 2.24) is 4.98 Å². The third-order valence-electron chi connectivity index (χ3n) is 2.31. The van der Waals surface area contributed by atoms with Crippen molar-refractivity contribution in [3.05, 3.63) is 33.9 Å². The molecule has 0 bridgehead atoms. The maximum Gasteiger partial charge on any atom is 0.120 e. The summed E-state index contributed by atoms with van der Waals surface area (Å²) in [4.78, 5) is 4.37. The molecule has 1 aromatic carbocycles. The van der Waals surface area contributed by atoms with E-state index in [0.717, 1.165) is 22.3 Å². The fourth-order valence-electron chi connectivity index (χ4n) is 1.55. The molecule has 0 amide bonds. The van der Waals surface area contributed by atoms with Gasteiger partial charge in [0.1, 0.15) is 5.75 Å². The topological polar surface area (TPSA) is 22.1 Å². The molecular weight excluding hydrogens is 245 g/mol. The summed E-state index contributed by atoms with van der Waals surface area (Å²) < 4.78 is 5.41. The molecule has 2 aromatic rings. The van der Waals surface area contributed by atoms with Crippen LogP contribution in [-0.2, 0) is 0 Å². The van der Waals surface area contributed by atoms with Crippen molar-refractivity contribution in [2.24, 2.45) is 0 Å². The molecule has 4 heteroatoms. The quantitative estimate of drug-likeness (QED) is 0.801. The number of nitrogens with zero attached hydrogens (tertiary/aromatic N) is 1. The Labute approximate surface area is 104 Å². The maximum absolute atomic E-state index is 6.18. The molecule has 84 valence electrons. The highest BCUT2D eigenvalue weighted by Gasteiger charge is 2.09. The number of halogens is 2. The summed E-state index contributed by atoms with van der Waals surface area (Å²) in [7, 11) is 0. The third-order valence-corrected chi connectivity index (χ3v) is 3.27. The summed E-state index contributed by atoms with van der Waals surface area (Å²) in [6.07, 6.45) is 0. The lowest BCUT2D eigenvalue weighted by atomic mass is 10.2. The molecule has 0 spiro atoms. The summed E-state index contributed by atoms with van der Waals surface area (Å²) in [5.74, 6) is 0.776. The Morgan fingerprint density at radius 3 is 2.69 bits per heavy atom. The number of hydrogen-bond acceptors (Lipinski definition) is 2. The van der Waals surface area contributed by atoms with Gasteiger partial charge in [0.05, 0.1) is 27.9 Å². The predicted molar refractivity (Wildman–Crippen MR) is 67.7 cm³/mol. The molecule has 0 aliphatic heterocycles. The van der Waals surface area contributed by atoms with E-state index in [1.54, 1.807) is 0 Å². The second kappa shape index (κ2) is 4.48. The predicted octanol–water partition coefficient (Wildman–Crippen LogP) is 4.25. The third kappa shape index (κ3) is 1.95. The molecule has 0 fully saturated rings. The van der Waals surface area contributed by atoms with Gasteiger partial charge in [0, 0.05) is 5.39 Å². The first kappa shape index (κ1) is 11.5. The highest BCUT2D eigenvalue weighted by molar-refractivity contribution is 6.45. The molecule has 1 heterocycles. The van der Waals surface area contributed by atoms with Crippen LogP contribution in [0.4, 0.5) is 0 Å². The average molecular weight is 256 g/mol. The van der Waals surface area contributed by atoms with E-state index in [9.17, 15) is 0 Å². The van der Waals surface area contributed by atoms with Gasteiger partial charge in [-0.2, -0.15) is 0 Å². The molecule has 0 aliphatic rings. The molecule has 0 saturated carbocycles. The Morgan fingerprint density at radius 2 is 2.00 bits per heavy atom. The Hall–Kier alpha value is -0.990. The summed E-state index contributed by atoms with van der Waals surface area (Å²) in [6.45, 7) is 4.40. The van der Waals surface area contributed by atoms with Gasteiger partial charge in [0.2, 0.25) is 0 Å². The highest BCUT2D eigenvalue weighted by atomic mass is 35.5. The SMILES string of the molecule is CCOc1ccc2nc(C)c(Cl)c(Cl)c2c1. The van der Waals surface area contributed by atoms with Gasteiger partial charge in [-0.1, -0.05) is 23.2 Å². The van der Waals surface area contributed by atoms with Crippen LogP contribution >= 0.6 is 23.2 Å². The van der Waals surface area contributed by atoms with E-state index < -0.39 is 0 Å². The van der Waals surface area contributed by atoms with Crippen molar-refractivity contribution in [2.45, 2.75) is 13.8 Å². The minimum atomic E-state index is 0.503. The molecule has 0 N–H and O–H groups in total. The first-order valence-electron chi connectivity index (χ1n) is 5.01. The van der Waals surface area contributed by atoms with Gasteiger partial charge in [0.25, 0.3) is 0 Å². The molecule has 16 heavy (non-hydrogen) atoms. The molecule has 2 nitrogen and oxygen atoms in total. The zero-order chi connectivity index (χ0) is 11.7. The number of aryl methyl sites for hydroxylation is 1. The minimum Gasteiger partial charge on any atom is -0.494 e. The zero-order valence-corrected chi connectivity index (χ0v) is 10.6. The summed E-state index contributed by atoms with van der Waals surface area (Å²) in [5.41, 5.74) is 1.57. The summed E-state index contributed by atoms with van der Waals surface area (Å²) in [6, 6.07) is 5.62. The average Bonchev–Trinajstić information content (AvgIpc) is 2.28. The van der Waals surface area contributed by atoms with Crippen LogP contribution in [0.25, 0.3) is 10.9 Å². The standard InChI is InChI=1S/C12H11Cl2NO/c1-3-16-8-4-5-10-9(6-8)12(14)11(13)7(2)15-10/h4-6H,3H2,1-2H3. The minimum absolute atomic E-state index is 0.503. The molecule has 1 aromatic heterocycles. The number of hydrogen-bond donors (Lipinski definition) is 0. The smallest absolute Gasteiger partial charge is 0.120 e. The molecule has 0 atom stereocenters. The van der Waals surface area contributed by atoms with Crippen LogP contribution in [0.5, 0.6) is 5.75 Å². The largest absolute Gasteiger partial charge is 0.494 e. The summed E-state index contributed by atoms with van der Waals surface area (Å²) in [5, 5.41) is 1.86. The Kier molecular flexibility index (Phi) is 3.22. The molecular formula is C12H11Cl2NO. The number of rotatable bonds is 2. The normalized spacial score (nSPS) is 10.8. The van der Waals surface area contributed by atoms with Gasteiger partial charge in [-0.3, -0.25) is 4.98 Å². The Bertz CT molecular complexity index is 540. The van der Waals surface area contributed by atoms with Gasteiger partial charge >= 0.3 is 0 Å². The van der Waals surface area contributed by atoms with E-state index >= 15 is 0 Å². The fourth-order valence-corrected chi connectivity index (χ4v) is 1.98. The van der Waals surface area contributed by atoms with E-state index in [0.29, 0.717) is 16.7 Å². The van der Waals surface area contributed by atoms with Crippen LogP contribution in [0, 0.1) is 6.92 Å². The van der Waals surface area contributed by atoms with Crippen LogP contribution in [0.1, 0.15) is 12.6 Å². The molecule has 0 unspecified atom stereocenters. The van der Waals surface area contributed by atoms with Crippen LogP contribution in [0.15, 0.2) is 18.2 Å². The first-order valence-corrected chi connectivity index (χ1v) is 5.77. The molecule has 0 saturated heterocycles. The van der Waals surface area contributed by atoms with Crippen LogP contribution in [-0.4, -0.2) is 11.6 Å². The van der Waals surface area contributed by atoms with E-state index in [2.05, 4.69) is 4.98 Å². The maximum atomic E-state index is 6.18. The van der Waals surface area contributed by atoms with Crippen LogP contribution < -0.4 is 4.74 Å². The first-order chi connectivity index (χ1) is 7.63. The van der Waals surface area contributed by atoms with E-state index in [1.165, 1.54) is 0 Å². The van der Waals surface area contributed by atoms with Crippen molar-refractivity contribution in [1.29, 1.82) is 0 Å². The lowest BCUT2D eigenvalue weighted by molar-refractivity contribution is 0.340. The van der Waals surface area contributed by atoms with Crippen molar-refractivity contribution in [3.8, 4) is 5.75 Å². The van der Waals surface area contributed by atoms with Gasteiger partial charge in [-0.15, -0.1) is 0 Å². The van der Waals surface area contributed by atoms with E-state index in [-0.39, 0.29) is 0 Å². The van der Waals surface area contributed by atoms with Crippen LogP contribution in [0.2, 0.25) is 10.0 Å². The number of aromatic nitrogens is 1. The fraction of sp³-hybridized carbons (Fsp3) is 0.250. The van der Waals surface area contributed by atoms with Gasteiger partial charge in [0.15, 0.2) is 0 Å².